The third-order valence-electron chi connectivity index (χ3n) is 2.58. The van der Waals surface area contributed by atoms with Crippen LogP contribution in [0.25, 0.3) is 0 Å². The van der Waals surface area contributed by atoms with Crippen LogP contribution in [0.4, 0.5) is 5.82 Å². The molecule has 0 saturated carbocycles. The molecule has 0 saturated heterocycles. The van der Waals surface area contributed by atoms with Gasteiger partial charge < -0.3 is 10.6 Å². The van der Waals surface area contributed by atoms with Crippen molar-refractivity contribution in [3.63, 3.8) is 0 Å². The maximum absolute atomic E-state index is 11.6. The van der Waals surface area contributed by atoms with E-state index in [-0.39, 0.29) is 11.8 Å². The van der Waals surface area contributed by atoms with Crippen LogP contribution < -0.4 is 10.6 Å². The Morgan fingerprint density at radius 2 is 2.15 bits per heavy atom. The molecule has 2 aromatic rings. The van der Waals surface area contributed by atoms with Gasteiger partial charge in [-0.1, -0.05) is 6.07 Å². The molecule has 2 N–H and O–H groups in total. The van der Waals surface area contributed by atoms with Crippen LogP contribution in [-0.2, 0) is 4.79 Å². The van der Waals surface area contributed by atoms with E-state index in [1.165, 1.54) is 11.3 Å². The number of amides is 2. The van der Waals surface area contributed by atoms with Crippen molar-refractivity contribution < 1.29 is 9.59 Å². The van der Waals surface area contributed by atoms with Crippen molar-refractivity contribution in [1.82, 2.24) is 10.3 Å². The van der Waals surface area contributed by atoms with E-state index in [1.807, 2.05) is 11.4 Å². The molecular formula is C14H15N3O2S. The van der Waals surface area contributed by atoms with E-state index in [9.17, 15) is 9.59 Å². The van der Waals surface area contributed by atoms with Crippen molar-refractivity contribution in [3.05, 3.63) is 46.8 Å². The number of pyridine rings is 1. The first kappa shape index (κ1) is 14.2. The van der Waals surface area contributed by atoms with E-state index < -0.39 is 0 Å². The molecule has 104 valence electrons. The smallest absolute Gasteiger partial charge is 0.252 e. The minimum Gasteiger partial charge on any atom is -0.352 e. The molecule has 0 aliphatic rings. The molecule has 0 aliphatic carbocycles. The van der Waals surface area contributed by atoms with Crippen LogP contribution >= 0.6 is 11.3 Å². The average Bonchev–Trinajstić information content (AvgIpc) is 2.99. The van der Waals surface area contributed by atoms with Gasteiger partial charge in [0.2, 0.25) is 5.91 Å². The lowest BCUT2D eigenvalue weighted by atomic mass is 10.2. The Labute approximate surface area is 121 Å². The Hall–Kier alpha value is -2.21. The first-order valence-electron chi connectivity index (χ1n) is 6.27. The van der Waals surface area contributed by atoms with Gasteiger partial charge in [-0.25, -0.2) is 4.98 Å². The largest absolute Gasteiger partial charge is 0.352 e. The Bertz CT molecular complexity index is 555. The van der Waals surface area contributed by atoms with Gasteiger partial charge in [-0.3, -0.25) is 9.59 Å². The van der Waals surface area contributed by atoms with Crippen LogP contribution in [0.1, 0.15) is 23.2 Å². The molecule has 0 spiro atoms. The Morgan fingerprint density at radius 1 is 1.25 bits per heavy atom. The summed E-state index contributed by atoms with van der Waals surface area (Å²) in [5.41, 5.74) is 0.660. The summed E-state index contributed by atoms with van der Waals surface area (Å²) in [7, 11) is 0. The first-order valence-corrected chi connectivity index (χ1v) is 7.21. The first-order chi connectivity index (χ1) is 9.75. The molecule has 0 radical (unpaired) electrons. The zero-order valence-corrected chi connectivity index (χ0v) is 11.7. The number of rotatable bonds is 6. The van der Waals surface area contributed by atoms with Crippen LogP contribution in [0.3, 0.4) is 0 Å². The summed E-state index contributed by atoms with van der Waals surface area (Å²) >= 11 is 1.48. The molecule has 6 heteroatoms. The summed E-state index contributed by atoms with van der Waals surface area (Å²) in [5.74, 6) is 0.338. The number of nitrogens with zero attached hydrogens (tertiary/aromatic N) is 1. The molecular weight excluding hydrogens is 274 g/mol. The molecule has 20 heavy (non-hydrogen) atoms. The highest BCUT2D eigenvalue weighted by Crippen LogP contribution is 2.05. The third kappa shape index (κ3) is 4.47. The molecule has 0 fully saturated rings. The van der Waals surface area contributed by atoms with E-state index in [1.54, 1.807) is 29.8 Å². The molecule has 0 bridgehead atoms. The van der Waals surface area contributed by atoms with Crippen LogP contribution in [0.2, 0.25) is 0 Å². The van der Waals surface area contributed by atoms with Gasteiger partial charge >= 0.3 is 0 Å². The standard InChI is InChI=1S/C14H15N3O2S/c18-13(17-12-4-1-2-7-15-12)5-3-8-16-14(19)11-6-9-20-10-11/h1-2,4,6-7,9-10H,3,5,8H2,(H,16,19)(H,15,17,18). The molecule has 0 atom stereocenters. The minimum absolute atomic E-state index is 0.101. The van der Waals surface area contributed by atoms with Crippen LogP contribution in [0.15, 0.2) is 41.2 Å². The van der Waals surface area contributed by atoms with Crippen molar-refractivity contribution in [2.75, 3.05) is 11.9 Å². The molecule has 0 unspecified atom stereocenters. The van der Waals surface area contributed by atoms with E-state index in [0.717, 1.165) is 0 Å². The highest BCUT2D eigenvalue weighted by atomic mass is 32.1. The highest BCUT2D eigenvalue weighted by Gasteiger charge is 2.06. The number of hydrogen-bond acceptors (Lipinski definition) is 4. The second-order valence-corrected chi connectivity index (χ2v) is 4.91. The van der Waals surface area contributed by atoms with E-state index in [2.05, 4.69) is 15.6 Å². The maximum Gasteiger partial charge on any atom is 0.252 e. The predicted molar refractivity (Wildman–Crippen MR) is 78.8 cm³/mol. The van der Waals surface area contributed by atoms with Gasteiger partial charge in [-0.05, 0) is 30.0 Å². The Balaban J connectivity index is 1.64. The lowest BCUT2D eigenvalue weighted by Gasteiger charge is -2.05. The summed E-state index contributed by atoms with van der Waals surface area (Å²) in [6.07, 6.45) is 2.56. The van der Waals surface area contributed by atoms with Gasteiger partial charge in [0.15, 0.2) is 0 Å². The van der Waals surface area contributed by atoms with Crippen LogP contribution in [0.5, 0.6) is 0 Å². The van der Waals surface area contributed by atoms with Crippen molar-refractivity contribution in [1.29, 1.82) is 0 Å². The van der Waals surface area contributed by atoms with E-state index in [0.29, 0.717) is 30.8 Å². The third-order valence-corrected chi connectivity index (χ3v) is 3.27. The number of anilines is 1. The van der Waals surface area contributed by atoms with Crippen LogP contribution in [0, 0.1) is 0 Å². The van der Waals surface area contributed by atoms with E-state index in [4.69, 9.17) is 0 Å². The van der Waals surface area contributed by atoms with Crippen molar-refractivity contribution in [3.8, 4) is 0 Å². The SMILES string of the molecule is O=C(CCCNC(=O)c1ccsc1)Nc1ccccn1. The number of carbonyl (C=O) groups is 2. The lowest BCUT2D eigenvalue weighted by Crippen LogP contribution is -2.25. The number of hydrogen-bond donors (Lipinski definition) is 2. The zero-order chi connectivity index (χ0) is 14.2. The monoisotopic (exact) mass is 289 g/mol. The van der Waals surface area contributed by atoms with E-state index >= 15 is 0 Å². The number of nitrogens with one attached hydrogen (secondary N) is 2. The summed E-state index contributed by atoms with van der Waals surface area (Å²) in [4.78, 5) is 27.3. The number of carbonyl (C=O) groups excluding carboxylic acids is 2. The van der Waals surface area contributed by atoms with Gasteiger partial charge in [0, 0.05) is 30.1 Å². The molecule has 2 rings (SSSR count). The summed E-state index contributed by atoms with van der Waals surface area (Å²) in [5, 5.41) is 9.12. The summed E-state index contributed by atoms with van der Waals surface area (Å²) < 4.78 is 0. The fraction of sp³-hybridized carbons (Fsp3) is 0.214. The highest BCUT2D eigenvalue weighted by molar-refractivity contribution is 7.08. The topological polar surface area (TPSA) is 71.1 Å². The fourth-order valence-corrected chi connectivity index (χ4v) is 2.22. The molecule has 2 aromatic heterocycles. The molecule has 0 aliphatic heterocycles. The quantitative estimate of drug-likeness (QED) is 0.802. The molecule has 2 amide bonds. The number of aromatic nitrogens is 1. The van der Waals surface area contributed by atoms with Crippen molar-refractivity contribution in [2.24, 2.45) is 0 Å². The Kier molecular flexibility index (Phi) is 5.25. The van der Waals surface area contributed by atoms with Gasteiger partial charge in [-0.15, -0.1) is 0 Å². The normalized spacial score (nSPS) is 10.0. The van der Waals surface area contributed by atoms with Gasteiger partial charge in [0.25, 0.3) is 5.91 Å². The van der Waals surface area contributed by atoms with Crippen molar-refractivity contribution in [2.45, 2.75) is 12.8 Å². The molecule has 0 aromatic carbocycles. The second-order valence-electron chi connectivity index (χ2n) is 4.13. The minimum atomic E-state index is -0.103. The Morgan fingerprint density at radius 3 is 2.85 bits per heavy atom. The average molecular weight is 289 g/mol. The number of thiophene rings is 1. The zero-order valence-electron chi connectivity index (χ0n) is 10.8. The molecule has 2 heterocycles. The van der Waals surface area contributed by atoms with Crippen molar-refractivity contribution >= 4 is 29.0 Å². The fourth-order valence-electron chi connectivity index (χ4n) is 1.59. The predicted octanol–water partition coefficient (Wildman–Crippen LogP) is 2.29. The van der Waals surface area contributed by atoms with Gasteiger partial charge in [0.05, 0.1) is 0 Å². The van der Waals surface area contributed by atoms with Gasteiger partial charge in [0.1, 0.15) is 5.82 Å². The summed E-state index contributed by atoms with van der Waals surface area (Å²) in [6.45, 7) is 0.477. The van der Waals surface area contributed by atoms with Crippen LogP contribution in [-0.4, -0.2) is 23.3 Å². The second kappa shape index (κ2) is 7.40. The summed E-state index contributed by atoms with van der Waals surface area (Å²) in [6, 6.07) is 7.10. The maximum atomic E-state index is 11.6. The molecule has 5 nitrogen and oxygen atoms in total. The van der Waals surface area contributed by atoms with Gasteiger partial charge in [-0.2, -0.15) is 11.3 Å². The lowest BCUT2D eigenvalue weighted by molar-refractivity contribution is -0.116.